The summed E-state index contributed by atoms with van der Waals surface area (Å²) in [5, 5.41) is 3.20. The molecule has 4 rings (SSSR count). The topological polar surface area (TPSA) is 68.9 Å². The van der Waals surface area contributed by atoms with E-state index >= 15 is 0 Å². The quantitative estimate of drug-likeness (QED) is 0.400. The van der Waals surface area contributed by atoms with Gasteiger partial charge < -0.3 is 20.5 Å². The molecular weight excluding hydrogens is 441 g/mol. The number of rotatable bonds is 3. The van der Waals surface area contributed by atoms with Gasteiger partial charge in [0.15, 0.2) is 11.7 Å². The van der Waals surface area contributed by atoms with Crippen molar-refractivity contribution in [1.82, 2.24) is 0 Å². The minimum atomic E-state index is -0.352. The molecular formula is C20H30IN3O2. The Labute approximate surface area is 173 Å². The summed E-state index contributed by atoms with van der Waals surface area (Å²) in [5.74, 6) is 0.872. The van der Waals surface area contributed by atoms with Gasteiger partial charge >= 0.3 is 0 Å². The maximum absolute atomic E-state index is 6.19. The third-order valence-electron chi connectivity index (χ3n) is 5.79. The van der Waals surface area contributed by atoms with E-state index in [1.54, 1.807) is 0 Å². The number of nitrogens with one attached hydrogen (secondary N) is 1. The fourth-order valence-corrected chi connectivity index (χ4v) is 4.21. The fourth-order valence-electron chi connectivity index (χ4n) is 4.21. The minimum absolute atomic E-state index is 0. The summed E-state index contributed by atoms with van der Waals surface area (Å²) in [6.45, 7) is 3.46. The molecule has 26 heavy (non-hydrogen) atoms. The van der Waals surface area contributed by atoms with E-state index in [1.807, 2.05) is 0 Å². The smallest absolute Gasteiger partial charge is 0.193 e. The number of ether oxygens (including phenoxy) is 2. The second-order valence-electron chi connectivity index (χ2n) is 7.83. The number of anilines is 1. The molecule has 2 aliphatic carbocycles. The summed E-state index contributed by atoms with van der Waals surface area (Å²) >= 11 is 0. The van der Waals surface area contributed by atoms with Gasteiger partial charge in [0.2, 0.25) is 0 Å². The lowest BCUT2D eigenvalue weighted by molar-refractivity contribution is -0.190. The average molecular weight is 471 g/mol. The van der Waals surface area contributed by atoms with Gasteiger partial charge in [-0.2, -0.15) is 0 Å². The van der Waals surface area contributed by atoms with E-state index in [0.29, 0.717) is 19.1 Å². The Hall–Kier alpha value is -0.860. The highest BCUT2D eigenvalue weighted by Crippen LogP contribution is 2.39. The number of guanidine groups is 1. The van der Waals surface area contributed by atoms with Gasteiger partial charge in [-0.1, -0.05) is 13.0 Å². The summed E-state index contributed by atoms with van der Waals surface area (Å²) < 4.78 is 12.2. The van der Waals surface area contributed by atoms with Gasteiger partial charge in [-0.15, -0.1) is 24.0 Å². The summed E-state index contributed by atoms with van der Waals surface area (Å²) in [6.07, 6.45) is 7.97. The number of benzene rings is 1. The number of fused-ring (bicyclic) bond motifs is 1. The normalized spacial score (nSPS) is 30.9. The van der Waals surface area contributed by atoms with Crippen LogP contribution in [0.1, 0.15) is 50.2 Å². The number of hydrogen-bond acceptors (Lipinski definition) is 3. The number of aliphatic imine (C=N–C) groups is 1. The molecule has 1 aromatic carbocycles. The maximum Gasteiger partial charge on any atom is 0.193 e. The van der Waals surface area contributed by atoms with Crippen molar-refractivity contribution in [3.05, 3.63) is 29.3 Å². The molecule has 2 fully saturated rings. The van der Waals surface area contributed by atoms with Crippen LogP contribution in [-0.2, 0) is 22.3 Å². The highest BCUT2D eigenvalue weighted by atomic mass is 127. The van der Waals surface area contributed by atoms with Crippen molar-refractivity contribution < 1.29 is 9.47 Å². The molecule has 0 bridgehead atoms. The highest BCUT2D eigenvalue weighted by Gasteiger charge is 2.43. The number of hydrogen-bond donors (Lipinski definition) is 2. The summed E-state index contributed by atoms with van der Waals surface area (Å²) in [6, 6.07) is 6.47. The van der Waals surface area contributed by atoms with Crippen molar-refractivity contribution in [2.45, 2.75) is 63.8 Å². The minimum Gasteiger partial charge on any atom is -0.370 e. The number of aryl methyl sites for hydroxylation is 2. The van der Waals surface area contributed by atoms with E-state index in [0.717, 1.165) is 30.9 Å². The molecule has 144 valence electrons. The first kappa shape index (κ1) is 19.9. The summed E-state index contributed by atoms with van der Waals surface area (Å²) in [5.41, 5.74) is 9.97. The van der Waals surface area contributed by atoms with Gasteiger partial charge in [-0.3, -0.25) is 4.99 Å². The molecule has 1 spiro atoms. The van der Waals surface area contributed by atoms with Crippen LogP contribution >= 0.6 is 24.0 Å². The summed E-state index contributed by atoms with van der Waals surface area (Å²) in [4.78, 5) is 4.47. The molecule has 1 saturated carbocycles. The predicted molar refractivity (Wildman–Crippen MR) is 115 cm³/mol. The molecule has 3 aliphatic rings. The largest absolute Gasteiger partial charge is 0.370 e. The Kier molecular flexibility index (Phi) is 6.45. The zero-order valence-electron chi connectivity index (χ0n) is 15.5. The second kappa shape index (κ2) is 8.44. The van der Waals surface area contributed by atoms with Gasteiger partial charge in [0.1, 0.15) is 6.10 Å². The first-order chi connectivity index (χ1) is 12.1. The van der Waals surface area contributed by atoms with Crippen LogP contribution in [0, 0.1) is 5.92 Å². The average Bonchev–Trinajstić information content (AvgIpc) is 3.23. The summed E-state index contributed by atoms with van der Waals surface area (Å²) in [7, 11) is 0. The Morgan fingerprint density at radius 2 is 2.04 bits per heavy atom. The molecule has 1 heterocycles. The monoisotopic (exact) mass is 471 g/mol. The second-order valence-corrected chi connectivity index (χ2v) is 7.83. The van der Waals surface area contributed by atoms with Crippen LogP contribution in [0.15, 0.2) is 23.2 Å². The van der Waals surface area contributed by atoms with Gasteiger partial charge in [0.05, 0.1) is 13.2 Å². The maximum atomic E-state index is 6.19. The van der Waals surface area contributed by atoms with Gasteiger partial charge in [0, 0.05) is 18.5 Å². The van der Waals surface area contributed by atoms with Crippen LogP contribution in [0.3, 0.4) is 0 Å². The Morgan fingerprint density at radius 3 is 2.85 bits per heavy atom. The van der Waals surface area contributed by atoms with Crippen LogP contribution in [-0.4, -0.2) is 31.0 Å². The molecule has 6 heteroatoms. The molecule has 1 unspecified atom stereocenters. The van der Waals surface area contributed by atoms with Crippen LogP contribution < -0.4 is 11.1 Å². The van der Waals surface area contributed by atoms with Gasteiger partial charge in [0.25, 0.3) is 0 Å². The van der Waals surface area contributed by atoms with E-state index in [1.165, 1.54) is 36.8 Å². The van der Waals surface area contributed by atoms with Crippen molar-refractivity contribution in [2.24, 2.45) is 16.6 Å². The Bertz CT molecular complexity index is 656. The first-order valence-corrected chi connectivity index (χ1v) is 9.62. The van der Waals surface area contributed by atoms with Crippen LogP contribution in [0.5, 0.6) is 0 Å². The molecule has 1 aromatic rings. The SMILES string of the molecule is CC1CCC2(CC1)OCC(CN=C(N)Nc1ccc3c(c1)CCC3)O2.I. The van der Waals surface area contributed by atoms with Crippen molar-refractivity contribution in [3.8, 4) is 0 Å². The third kappa shape index (κ3) is 4.51. The zero-order valence-corrected chi connectivity index (χ0v) is 17.8. The standard InChI is InChI=1S/C20H29N3O2.HI/c1-14-7-9-20(10-8-14)24-13-18(25-20)12-22-19(21)23-17-6-5-15-3-2-4-16(15)11-17;/h5-6,11,14,18H,2-4,7-10,12-13H2,1H3,(H3,21,22,23);1H. The Morgan fingerprint density at radius 1 is 1.27 bits per heavy atom. The molecule has 1 atom stereocenters. The van der Waals surface area contributed by atoms with E-state index < -0.39 is 0 Å². The predicted octanol–water partition coefficient (Wildman–Crippen LogP) is 3.84. The van der Waals surface area contributed by atoms with E-state index in [2.05, 4.69) is 35.4 Å². The van der Waals surface area contributed by atoms with Crippen molar-refractivity contribution in [2.75, 3.05) is 18.5 Å². The first-order valence-electron chi connectivity index (χ1n) is 9.62. The number of halogens is 1. The lowest BCUT2D eigenvalue weighted by Gasteiger charge is -2.34. The van der Waals surface area contributed by atoms with Gasteiger partial charge in [-0.25, -0.2) is 0 Å². The Balaban J connectivity index is 0.00000196. The van der Waals surface area contributed by atoms with E-state index in [9.17, 15) is 0 Å². The van der Waals surface area contributed by atoms with Crippen molar-refractivity contribution in [1.29, 1.82) is 0 Å². The van der Waals surface area contributed by atoms with E-state index in [-0.39, 0.29) is 35.9 Å². The van der Waals surface area contributed by atoms with Crippen molar-refractivity contribution in [3.63, 3.8) is 0 Å². The highest BCUT2D eigenvalue weighted by molar-refractivity contribution is 14.0. The molecule has 0 radical (unpaired) electrons. The molecule has 0 aromatic heterocycles. The third-order valence-corrected chi connectivity index (χ3v) is 5.79. The molecule has 3 N–H and O–H groups in total. The molecule has 1 aliphatic heterocycles. The van der Waals surface area contributed by atoms with Gasteiger partial charge in [-0.05, 0) is 61.3 Å². The molecule has 5 nitrogen and oxygen atoms in total. The van der Waals surface area contributed by atoms with E-state index in [4.69, 9.17) is 15.2 Å². The van der Waals surface area contributed by atoms with Crippen molar-refractivity contribution >= 4 is 35.6 Å². The fraction of sp³-hybridized carbons (Fsp3) is 0.650. The lowest BCUT2D eigenvalue weighted by Crippen LogP contribution is -2.35. The molecule has 0 amide bonds. The number of nitrogens with zero attached hydrogens (tertiary/aromatic N) is 1. The lowest BCUT2D eigenvalue weighted by atomic mass is 9.86. The zero-order chi connectivity index (χ0) is 17.3. The van der Waals surface area contributed by atoms with Crippen LogP contribution in [0.25, 0.3) is 0 Å². The van der Waals surface area contributed by atoms with Crippen LogP contribution in [0.4, 0.5) is 5.69 Å². The molecule has 1 saturated heterocycles. The van der Waals surface area contributed by atoms with Crippen LogP contribution in [0.2, 0.25) is 0 Å². The number of nitrogens with two attached hydrogens (primary N) is 1.